The van der Waals surface area contributed by atoms with Gasteiger partial charge in [0.2, 0.25) is 5.76 Å². The molecule has 3 heterocycles. The third-order valence-electron chi connectivity index (χ3n) is 6.04. The van der Waals surface area contributed by atoms with E-state index < -0.39 is 6.04 Å². The minimum atomic E-state index is -0.676. The Labute approximate surface area is 185 Å². The summed E-state index contributed by atoms with van der Waals surface area (Å²) in [4.78, 5) is 33.3. The predicted octanol–water partition coefficient (Wildman–Crippen LogP) is 4.87. The number of ether oxygens (including phenoxy) is 1. The van der Waals surface area contributed by atoms with Gasteiger partial charge in [-0.3, -0.25) is 14.5 Å². The normalized spacial score (nSPS) is 15.3. The first-order valence-corrected chi connectivity index (χ1v) is 10.4. The van der Waals surface area contributed by atoms with Crippen molar-refractivity contribution in [1.82, 2.24) is 4.98 Å². The third kappa shape index (κ3) is 2.99. The maximum Gasteiger partial charge on any atom is 0.296 e. The molecular weight excluding hydrogens is 404 g/mol. The van der Waals surface area contributed by atoms with Crippen LogP contribution in [-0.2, 0) is 0 Å². The molecule has 0 unspecified atom stereocenters. The number of pyridine rings is 1. The monoisotopic (exact) mass is 426 g/mol. The lowest BCUT2D eigenvalue weighted by molar-refractivity contribution is 0.0970. The zero-order valence-electron chi connectivity index (χ0n) is 18.3. The zero-order chi connectivity index (χ0) is 22.6. The highest BCUT2D eigenvalue weighted by molar-refractivity contribution is 6.10. The predicted molar refractivity (Wildman–Crippen MR) is 123 cm³/mol. The number of benzene rings is 2. The van der Waals surface area contributed by atoms with E-state index in [4.69, 9.17) is 9.15 Å². The van der Waals surface area contributed by atoms with Crippen molar-refractivity contribution < 1.29 is 13.9 Å². The van der Waals surface area contributed by atoms with Gasteiger partial charge in [0.1, 0.15) is 17.2 Å². The quantitative estimate of drug-likeness (QED) is 0.467. The number of carbonyl (C=O) groups is 1. The minimum Gasteiger partial charge on any atom is -0.497 e. The Kier molecular flexibility index (Phi) is 4.59. The molecule has 0 aliphatic carbocycles. The first-order valence-electron chi connectivity index (χ1n) is 10.4. The average molecular weight is 426 g/mol. The number of aromatic nitrogens is 1. The summed E-state index contributed by atoms with van der Waals surface area (Å²) in [5.41, 5.74) is 4.22. The van der Waals surface area contributed by atoms with Gasteiger partial charge in [-0.1, -0.05) is 18.2 Å². The number of aryl methyl sites for hydroxylation is 3. The van der Waals surface area contributed by atoms with Crippen LogP contribution in [0.3, 0.4) is 0 Å². The van der Waals surface area contributed by atoms with Crippen LogP contribution in [0.5, 0.6) is 5.75 Å². The third-order valence-corrected chi connectivity index (χ3v) is 6.04. The molecule has 1 amide bonds. The number of fused-ring (bicyclic) bond motifs is 2. The number of hydrogen-bond acceptors (Lipinski definition) is 5. The Bertz CT molecular complexity index is 1440. The molecule has 1 aliphatic heterocycles. The lowest BCUT2D eigenvalue weighted by atomic mass is 9.97. The number of rotatable bonds is 3. The van der Waals surface area contributed by atoms with E-state index in [1.54, 1.807) is 19.4 Å². The second-order valence-corrected chi connectivity index (χ2v) is 8.15. The van der Waals surface area contributed by atoms with E-state index in [0.717, 1.165) is 22.3 Å². The van der Waals surface area contributed by atoms with Crippen molar-refractivity contribution >= 4 is 22.7 Å². The van der Waals surface area contributed by atoms with Crippen molar-refractivity contribution in [2.45, 2.75) is 26.8 Å². The number of carbonyl (C=O) groups excluding carboxylic acids is 1. The molecule has 0 fully saturated rings. The van der Waals surface area contributed by atoms with Gasteiger partial charge < -0.3 is 9.15 Å². The maximum atomic E-state index is 13.7. The smallest absolute Gasteiger partial charge is 0.296 e. The van der Waals surface area contributed by atoms with Gasteiger partial charge in [0.05, 0.1) is 24.1 Å². The molecule has 0 spiro atoms. The second-order valence-electron chi connectivity index (χ2n) is 8.15. The van der Waals surface area contributed by atoms with Crippen LogP contribution in [0.2, 0.25) is 0 Å². The fraction of sp³-hybridized carbons (Fsp3) is 0.192. The highest BCUT2D eigenvalue weighted by Crippen LogP contribution is 2.41. The first-order chi connectivity index (χ1) is 15.4. The molecule has 2 aromatic carbocycles. The van der Waals surface area contributed by atoms with Crippen molar-refractivity contribution in [3.05, 3.63) is 98.5 Å². The van der Waals surface area contributed by atoms with E-state index in [0.29, 0.717) is 28.1 Å². The molecule has 6 heteroatoms. The van der Waals surface area contributed by atoms with E-state index in [-0.39, 0.29) is 17.1 Å². The molecule has 0 saturated heterocycles. The Morgan fingerprint density at radius 3 is 2.50 bits per heavy atom. The van der Waals surface area contributed by atoms with Gasteiger partial charge in [-0.05, 0) is 73.4 Å². The van der Waals surface area contributed by atoms with Crippen LogP contribution < -0.4 is 15.1 Å². The maximum absolute atomic E-state index is 13.7. The second kappa shape index (κ2) is 7.34. The summed E-state index contributed by atoms with van der Waals surface area (Å²) in [6.45, 7) is 5.83. The highest BCUT2D eigenvalue weighted by atomic mass is 16.5. The zero-order valence-corrected chi connectivity index (χ0v) is 18.3. The minimum absolute atomic E-state index is 0.0564. The van der Waals surface area contributed by atoms with Gasteiger partial charge in [-0.2, -0.15) is 0 Å². The molecule has 0 radical (unpaired) electrons. The van der Waals surface area contributed by atoms with E-state index in [1.807, 2.05) is 63.2 Å². The average Bonchev–Trinajstić information content (AvgIpc) is 3.08. The summed E-state index contributed by atoms with van der Waals surface area (Å²) in [6.07, 6.45) is 1.70. The highest BCUT2D eigenvalue weighted by Gasteiger charge is 2.44. The molecule has 0 bridgehead atoms. The summed E-state index contributed by atoms with van der Waals surface area (Å²) < 4.78 is 11.5. The molecule has 6 nitrogen and oxygen atoms in total. The molecule has 5 rings (SSSR count). The molecule has 0 saturated carbocycles. The molecule has 160 valence electrons. The Morgan fingerprint density at radius 2 is 1.78 bits per heavy atom. The lowest BCUT2D eigenvalue weighted by Gasteiger charge is -2.24. The molecule has 32 heavy (non-hydrogen) atoms. The van der Waals surface area contributed by atoms with Crippen molar-refractivity contribution in [2.75, 3.05) is 12.0 Å². The number of anilines is 1. The summed E-state index contributed by atoms with van der Waals surface area (Å²) in [6, 6.07) is 14.0. The molecule has 1 atom stereocenters. The molecule has 0 N–H and O–H groups in total. The van der Waals surface area contributed by atoms with Crippen LogP contribution in [0.15, 0.2) is 63.9 Å². The fourth-order valence-electron chi connectivity index (χ4n) is 4.19. The van der Waals surface area contributed by atoms with Gasteiger partial charge in [0, 0.05) is 6.20 Å². The number of hydrogen-bond donors (Lipinski definition) is 0. The number of nitrogens with zero attached hydrogens (tertiary/aromatic N) is 2. The SMILES string of the molecule is COc1cccc([C@H]2c3c(oc4cc(C)c(C)cc4c3=O)C(=O)N2c2ccc(C)cn2)c1. The topological polar surface area (TPSA) is 72.6 Å². The molecular formula is C26H22N2O4. The Balaban J connectivity index is 1.82. The molecule has 4 aromatic rings. The summed E-state index contributed by atoms with van der Waals surface area (Å²) in [7, 11) is 1.58. The van der Waals surface area contributed by atoms with Crippen molar-refractivity contribution in [1.29, 1.82) is 0 Å². The fourth-order valence-corrected chi connectivity index (χ4v) is 4.19. The van der Waals surface area contributed by atoms with Crippen LogP contribution in [0.25, 0.3) is 11.0 Å². The van der Waals surface area contributed by atoms with Crippen molar-refractivity contribution in [2.24, 2.45) is 0 Å². The Hall–Kier alpha value is -3.93. The van der Waals surface area contributed by atoms with Crippen molar-refractivity contribution in [3.8, 4) is 5.75 Å². The Morgan fingerprint density at radius 1 is 1.00 bits per heavy atom. The summed E-state index contributed by atoms with van der Waals surface area (Å²) in [5.74, 6) is 0.759. The molecule has 1 aliphatic rings. The molecule has 2 aromatic heterocycles. The van der Waals surface area contributed by atoms with Gasteiger partial charge in [0.25, 0.3) is 5.91 Å². The lowest BCUT2D eigenvalue weighted by Crippen LogP contribution is -2.30. The van der Waals surface area contributed by atoms with E-state index in [2.05, 4.69) is 4.98 Å². The van der Waals surface area contributed by atoms with Crippen molar-refractivity contribution in [3.63, 3.8) is 0 Å². The summed E-state index contributed by atoms with van der Waals surface area (Å²) >= 11 is 0. The van der Waals surface area contributed by atoms with Crippen LogP contribution in [0, 0.1) is 20.8 Å². The van der Waals surface area contributed by atoms with Crippen LogP contribution in [0.1, 0.15) is 44.4 Å². The van der Waals surface area contributed by atoms with Gasteiger partial charge in [-0.25, -0.2) is 4.98 Å². The standard InChI is InChI=1S/C26H22N2O4/c1-14-8-9-21(27-13-14)28-23(17-6-5-7-18(12-17)31-4)22-24(29)19-10-15(2)16(3)11-20(19)32-25(22)26(28)30/h5-13,23H,1-4H3/t23-/m0/s1. The number of methoxy groups -OCH3 is 1. The first kappa shape index (κ1) is 20.0. The number of amides is 1. The van der Waals surface area contributed by atoms with E-state index in [9.17, 15) is 9.59 Å². The van der Waals surface area contributed by atoms with Crippen LogP contribution in [0.4, 0.5) is 5.82 Å². The largest absolute Gasteiger partial charge is 0.497 e. The van der Waals surface area contributed by atoms with Gasteiger partial charge in [0.15, 0.2) is 5.43 Å². The van der Waals surface area contributed by atoms with E-state index >= 15 is 0 Å². The van der Waals surface area contributed by atoms with Crippen LogP contribution >= 0.6 is 0 Å². The summed E-state index contributed by atoms with van der Waals surface area (Å²) in [5, 5.41) is 0.464. The van der Waals surface area contributed by atoms with Gasteiger partial charge in [-0.15, -0.1) is 0 Å². The van der Waals surface area contributed by atoms with Crippen LogP contribution in [-0.4, -0.2) is 18.0 Å². The van der Waals surface area contributed by atoms with Gasteiger partial charge >= 0.3 is 0 Å². The van der Waals surface area contributed by atoms with E-state index in [1.165, 1.54) is 4.90 Å².